The van der Waals surface area contributed by atoms with E-state index in [2.05, 4.69) is 123 Å². The number of carbonyl (C=O) groups is 3. The fourth-order valence-electron chi connectivity index (χ4n) is 6.84. The Morgan fingerprint density at radius 1 is 0.449 bits per heavy atom. The minimum absolute atomic E-state index is 0.137. The van der Waals surface area contributed by atoms with Crippen LogP contribution in [0.4, 0.5) is 0 Å². The van der Waals surface area contributed by atoms with Crippen molar-refractivity contribution in [2.24, 2.45) is 0 Å². The third kappa shape index (κ3) is 51.6. The number of nitrogens with zero attached hydrogens (tertiary/aromatic N) is 1. The lowest BCUT2D eigenvalue weighted by Gasteiger charge is -2.26. The van der Waals surface area contributed by atoms with Crippen LogP contribution in [0.2, 0.25) is 0 Å². The molecular formula is C60H99NO8. The molecule has 0 fully saturated rings. The summed E-state index contributed by atoms with van der Waals surface area (Å²) in [6.07, 6.45) is 65.6. The Hall–Kier alpha value is -4.05. The van der Waals surface area contributed by atoms with Gasteiger partial charge in [-0.1, -0.05) is 187 Å². The molecule has 0 aliphatic carbocycles. The highest BCUT2D eigenvalue weighted by molar-refractivity contribution is 5.70. The van der Waals surface area contributed by atoms with Gasteiger partial charge in [-0.3, -0.25) is 9.59 Å². The van der Waals surface area contributed by atoms with Crippen LogP contribution >= 0.6 is 0 Å². The Morgan fingerprint density at radius 3 is 1.25 bits per heavy atom. The van der Waals surface area contributed by atoms with Crippen LogP contribution in [-0.2, 0) is 33.3 Å². The fourth-order valence-corrected chi connectivity index (χ4v) is 6.84. The minimum atomic E-state index is -1.63. The molecule has 0 aromatic heterocycles. The van der Waals surface area contributed by atoms with Gasteiger partial charge in [0.1, 0.15) is 13.2 Å². The number of quaternary nitrogens is 1. The van der Waals surface area contributed by atoms with Gasteiger partial charge in [-0.2, -0.15) is 0 Å². The lowest BCUT2D eigenvalue weighted by atomic mass is 10.1. The van der Waals surface area contributed by atoms with Crippen molar-refractivity contribution in [3.63, 3.8) is 0 Å². The van der Waals surface area contributed by atoms with Crippen LogP contribution in [0.5, 0.6) is 0 Å². The van der Waals surface area contributed by atoms with E-state index >= 15 is 0 Å². The number of rotatable bonds is 48. The van der Waals surface area contributed by atoms with E-state index in [1.807, 2.05) is 21.1 Å². The summed E-state index contributed by atoms with van der Waals surface area (Å²) in [7, 11) is 5.90. The molecule has 0 N–H and O–H groups in total. The number of carboxylic acid groups (broad SMARTS) is 1. The van der Waals surface area contributed by atoms with Gasteiger partial charge in [-0.05, 0) is 103 Å². The van der Waals surface area contributed by atoms with E-state index < -0.39 is 24.3 Å². The van der Waals surface area contributed by atoms with Crippen molar-refractivity contribution in [1.29, 1.82) is 0 Å². The second-order valence-corrected chi connectivity index (χ2v) is 18.8. The standard InChI is InChI=1S/C60H99NO8/c1-6-8-10-12-14-16-18-20-21-22-23-24-25-26-27-28-29-30-31-32-33-34-35-36-37-39-41-43-45-47-49-51-58(63)69-56(55-68-60(59(64)65)66-53-52-61(3,4)5)54-67-57(62)50-48-46-44-42-40-38-19-17-15-13-11-9-7-2/h8,10,14,16-17,19-21,23-24,26-27,29-30,32-33,35-36,56,60H,6-7,9,11-13,15,18,22,25,28,31,34,37-55H2,1-5H3/b10-8-,16-14-,19-17-,21-20-,24-23-,27-26-,30-29-,33-32-,36-35-. The molecule has 0 aromatic rings. The van der Waals surface area contributed by atoms with Crippen LogP contribution in [0.3, 0.4) is 0 Å². The molecule has 0 aliphatic heterocycles. The topological polar surface area (TPSA) is 111 Å². The molecule has 0 saturated carbocycles. The summed E-state index contributed by atoms with van der Waals surface area (Å²) in [6.45, 7) is 4.56. The first-order chi connectivity index (χ1) is 33.6. The van der Waals surface area contributed by atoms with Crippen LogP contribution in [0.25, 0.3) is 0 Å². The SMILES string of the molecule is CC/C=C\C/C=C\C/C=C\C/C=C\C/C=C\C/C=C\C/C=C\C/C=C\CCCCCCCCC(=O)OC(COC(=O)CCCCCCC/C=C\CCCCCC)COC(OCC[N+](C)(C)C)C(=O)[O-]. The summed E-state index contributed by atoms with van der Waals surface area (Å²) < 4.78 is 22.6. The average molecular weight is 962 g/mol. The predicted octanol–water partition coefficient (Wildman–Crippen LogP) is 14.2. The molecule has 0 heterocycles. The molecule has 0 radical (unpaired) electrons. The van der Waals surface area contributed by atoms with E-state index in [-0.39, 0.29) is 38.6 Å². The quantitative estimate of drug-likeness (QED) is 0.0195. The van der Waals surface area contributed by atoms with Gasteiger partial charge in [0.25, 0.3) is 0 Å². The molecule has 0 amide bonds. The first kappa shape index (κ1) is 65.0. The molecular weight excluding hydrogens is 863 g/mol. The third-order valence-corrected chi connectivity index (χ3v) is 11.0. The molecule has 0 bridgehead atoms. The maximum atomic E-state index is 12.8. The average Bonchev–Trinajstić information content (AvgIpc) is 3.31. The maximum Gasteiger partial charge on any atom is 0.306 e. The van der Waals surface area contributed by atoms with Gasteiger partial charge in [-0.25, -0.2) is 0 Å². The highest BCUT2D eigenvalue weighted by atomic mass is 16.7. The van der Waals surface area contributed by atoms with E-state index in [1.54, 1.807) is 0 Å². The number of esters is 2. The van der Waals surface area contributed by atoms with Crippen molar-refractivity contribution in [1.82, 2.24) is 0 Å². The largest absolute Gasteiger partial charge is 0.545 e. The van der Waals surface area contributed by atoms with Crippen molar-refractivity contribution in [3.8, 4) is 0 Å². The molecule has 0 spiro atoms. The molecule has 9 heteroatoms. The first-order valence-electron chi connectivity index (χ1n) is 27.0. The lowest BCUT2D eigenvalue weighted by molar-refractivity contribution is -0.870. The Balaban J connectivity index is 4.31. The van der Waals surface area contributed by atoms with Crippen LogP contribution < -0.4 is 5.11 Å². The summed E-state index contributed by atoms with van der Waals surface area (Å²) in [4.78, 5) is 37.1. The molecule has 69 heavy (non-hydrogen) atoms. The van der Waals surface area contributed by atoms with Crippen LogP contribution in [0.1, 0.15) is 194 Å². The smallest absolute Gasteiger partial charge is 0.306 e. The van der Waals surface area contributed by atoms with E-state index in [4.69, 9.17) is 18.9 Å². The summed E-state index contributed by atoms with van der Waals surface area (Å²) in [5, 5.41) is 11.7. The number of hydrogen-bond acceptors (Lipinski definition) is 8. The number of carboxylic acids is 1. The second kappa shape index (κ2) is 50.3. The molecule has 2 unspecified atom stereocenters. The highest BCUT2D eigenvalue weighted by Crippen LogP contribution is 2.13. The monoisotopic (exact) mass is 962 g/mol. The Kier molecular flexibility index (Phi) is 47.4. The fraction of sp³-hybridized carbons (Fsp3) is 0.650. The zero-order valence-corrected chi connectivity index (χ0v) is 44.4. The van der Waals surface area contributed by atoms with Crippen LogP contribution in [-0.4, -0.2) is 82.3 Å². The lowest BCUT2D eigenvalue weighted by Crippen LogP contribution is -2.44. The maximum absolute atomic E-state index is 12.8. The van der Waals surface area contributed by atoms with E-state index in [0.717, 1.165) is 128 Å². The molecule has 9 nitrogen and oxygen atoms in total. The number of ether oxygens (including phenoxy) is 4. The van der Waals surface area contributed by atoms with Crippen LogP contribution in [0.15, 0.2) is 109 Å². The summed E-state index contributed by atoms with van der Waals surface area (Å²) in [6, 6.07) is 0. The van der Waals surface area contributed by atoms with Crippen molar-refractivity contribution in [2.45, 2.75) is 206 Å². The van der Waals surface area contributed by atoms with Gasteiger partial charge in [0, 0.05) is 12.8 Å². The predicted molar refractivity (Wildman–Crippen MR) is 287 cm³/mol. The summed E-state index contributed by atoms with van der Waals surface area (Å²) >= 11 is 0. The minimum Gasteiger partial charge on any atom is -0.545 e. The zero-order valence-electron chi connectivity index (χ0n) is 44.4. The highest BCUT2D eigenvalue weighted by Gasteiger charge is 2.22. The van der Waals surface area contributed by atoms with E-state index in [1.165, 1.54) is 32.1 Å². The molecule has 0 saturated heterocycles. The van der Waals surface area contributed by atoms with Crippen LogP contribution in [0, 0.1) is 0 Å². The Labute approximate surface area is 422 Å². The number of allylic oxidation sites excluding steroid dienone is 18. The van der Waals surface area contributed by atoms with Crippen molar-refractivity contribution >= 4 is 17.9 Å². The Morgan fingerprint density at radius 2 is 0.826 bits per heavy atom. The number of likely N-dealkylation sites (N-methyl/N-ethyl adjacent to an activating group) is 1. The van der Waals surface area contributed by atoms with E-state index in [9.17, 15) is 19.5 Å². The third-order valence-electron chi connectivity index (χ3n) is 11.0. The first-order valence-corrected chi connectivity index (χ1v) is 27.0. The molecule has 0 rings (SSSR count). The van der Waals surface area contributed by atoms with Gasteiger partial charge in [0.2, 0.25) is 0 Å². The summed E-state index contributed by atoms with van der Waals surface area (Å²) in [5.74, 6) is -2.33. The number of hydrogen-bond donors (Lipinski definition) is 0. The van der Waals surface area contributed by atoms with Gasteiger partial charge >= 0.3 is 11.9 Å². The van der Waals surface area contributed by atoms with Crippen molar-refractivity contribution in [2.75, 3.05) is 47.5 Å². The van der Waals surface area contributed by atoms with E-state index in [0.29, 0.717) is 17.4 Å². The zero-order chi connectivity index (χ0) is 50.6. The van der Waals surface area contributed by atoms with Gasteiger partial charge in [0.15, 0.2) is 12.4 Å². The number of aliphatic carboxylic acids is 1. The molecule has 392 valence electrons. The van der Waals surface area contributed by atoms with Gasteiger partial charge in [-0.15, -0.1) is 0 Å². The summed E-state index contributed by atoms with van der Waals surface area (Å²) in [5.41, 5.74) is 0. The second-order valence-electron chi connectivity index (χ2n) is 18.8. The van der Waals surface area contributed by atoms with Gasteiger partial charge < -0.3 is 33.3 Å². The number of unbranched alkanes of at least 4 members (excludes halogenated alkanes) is 15. The van der Waals surface area contributed by atoms with Crippen molar-refractivity contribution in [3.05, 3.63) is 109 Å². The molecule has 2 atom stereocenters. The van der Waals surface area contributed by atoms with Crippen molar-refractivity contribution < 1.29 is 42.9 Å². The van der Waals surface area contributed by atoms with Gasteiger partial charge in [0.05, 0.1) is 40.3 Å². The normalized spacial score (nSPS) is 13.7. The molecule has 0 aromatic carbocycles. The number of carbonyl (C=O) groups excluding carboxylic acids is 3. The molecule has 0 aliphatic rings. The Bertz CT molecular complexity index is 1490.